The van der Waals surface area contributed by atoms with E-state index in [-0.39, 0.29) is 16.5 Å². The smallest absolute Gasteiger partial charge is 0.266 e. The van der Waals surface area contributed by atoms with Gasteiger partial charge in [-0.1, -0.05) is 86.5 Å². The first kappa shape index (κ1) is 19.5. The third-order valence-corrected chi connectivity index (χ3v) is 6.07. The minimum atomic E-state index is -3.92. The van der Waals surface area contributed by atoms with E-state index in [4.69, 9.17) is 27.4 Å². The van der Waals surface area contributed by atoms with E-state index in [1.165, 1.54) is 25.3 Å². The maximum Gasteiger partial charge on any atom is 0.298 e. The van der Waals surface area contributed by atoms with Gasteiger partial charge in [-0.05, 0) is 12.5 Å². The molecule has 0 fully saturated rings. The predicted molar refractivity (Wildman–Crippen MR) is 100 cm³/mol. The minimum absolute atomic E-state index is 0.0705. The fourth-order valence-electron chi connectivity index (χ4n) is 2.57. The first-order chi connectivity index (χ1) is 11.5. The van der Waals surface area contributed by atoms with E-state index in [1.807, 2.05) is 6.07 Å². The van der Waals surface area contributed by atoms with Crippen LogP contribution in [0.3, 0.4) is 0 Å². The van der Waals surface area contributed by atoms with E-state index in [2.05, 4.69) is 6.92 Å². The van der Waals surface area contributed by atoms with E-state index < -0.39 is 10.1 Å². The monoisotopic (exact) mass is 388 g/mol. The van der Waals surface area contributed by atoms with Gasteiger partial charge in [0.15, 0.2) is 0 Å². The minimum Gasteiger partial charge on any atom is -0.266 e. The molecule has 0 aliphatic rings. The van der Waals surface area contributed by atoms with Crippen LogP contribution in [0.2, 0.25) is 10.0 Å². The zero-order valence-electron chi connectivity index (χ0n) is 13.7. The maximum atomic E-state index is 12.4. The summed E-state index contributed by atoms with van der Waals surface area (Å²) in [6, 6.07) is 8.53. The highest BCUT2D eigenvalue weighted by atomic mass is 35.5. The van der Waals surface area contributed by atoms with E-state index in [9.17, 15) is 8.42 Å². The molecule has 2 aromatic carbocycles. The molecule has 0 N–H and O–H groups in total. The molecule has 6 heteroatoms. The van der Waals surface area contributed by atoms with Crippen molar-refractivity contribution in [2.45, 2.75) is 50.3 Å². The topological polar surface area (TPSA) is 43.4 Å². The molecule has 0 spiro atoms. The average molecular weight is 389 g/mol. The van der Waals surface area contributed by atoms with Crippen molar-refractivity contribution in [2.24, 2.45) is 0 Å². The van der Waals surface area contributed by atoms with Gasteiger partial charge in [-0.2, -0.15) is 8.42 Å². The largest absolute Gasteiger partial charge is 0.298 e. The fourth-order valence-corrected chi connectivity index (χ4v) is 4.47. The average Bonchev–Trinajstić information content (AvgIpc) is 2.57. The normalized spacial score (nSPS) is 12.0. The molecule has 0 unspecified atom stereocenters. The first-order valence-corrected chi connectivity index (χ1v) is 10.4. The molecular weight excluding hydrogens is 367 g/mol. The summed E-state index contributed by atoms with van der Waals surface area (Å²) in [7, 11) is -3.92. The second-order valence-electron chi connectivity index (χ2n) is 5.76. The quantitative estimate of drug-likeness (QED) is 0.378. The molecule has 0 aliphatic carbocycles. The number of fused-ring (bicyclic) bond motifs is 1. The zero-order chi connectivity index (χ0) is 17.6. The summed E-state index contributed by atoms with van der Waals surface area (Å²) in [6.45, 7) is 2.32. The molecule has 0 aliphatic heterocycles. The van der Waals surface area contributed by atoms with Crippen molar-refractivity contribution in [3.8, 4) is 0 Å². The van der Waals surface area contributed by atoms with Crippen LogP contribution in [0.25, 0.3) is 10.8 Å². The predicted octanol–water partition coefficient (Wildman–Crippen LogP) is 6.21. The second kappa shape index (κ2) is 9.04. The molecule has 2 rings (SSSR count). The van der Waals surface area contributed by atoms with Gasteiger partial charge < -0.3 is 0 Å². The highest BCUT2D eigenvalue weighted by Gasteiger charge is 2.22. The van der Waals surface area contributed by atoms with Crippen LogP contribution in [-0.4, -0.2) is 15.0 Å². The molecule has 0 saturated carbocycles. The van der Waals surface area contributed by atoms with Crippen LogP contribution in [0.1, 0.15) is 45.4 Å². The Morgan fingerprint density at radius 3 is 2.29 bits per heavy atom. The summed E-state index contributed by atoms with van der Waals surface area (Å²) in [6.07, 6.45) is 6.34. The van der Waals surface area contributed by atoms with Crippen LogP contribution in [0.5, 0.6) is 0 Å². The Balaban J connectivity index is 2.07. The molecule has 3 nitrogen and oxygen atoms in total. The lowest BCUT2D eigenvalue weighted by Gasteiger charge is -2.11. The molecule has 24 heavy (non-hydrogen) atoms. The maximum absolute atomic E-state index is 12.4. The summed E-state index contributed by atoms with van der Waals surface area (Å²) in [5, 5.41) is 1.82. The lowest BCUT2D eigenvalue weighted by molar-refractivity contribution is 0.306. The van der Waals surface area contributed by atoms with Gasteiger partial charge in [0.05, 0.1) is 11.6 Å². The lowest BCUT2D eigenvalue weighted by Crippen LogP contribution is -2.08. The Hall–Kier alpha value is -0.810. The van der Waals surface area contributed by atoms with Gasteiger partial charge in [0, 0.05) is 15.8 Å². The molecule has 0 bridgehead atoms. The van der Waals surface area contributed by atoms with Crippen LogP contribution in [0, 0.1) is 0 Å². The van der Waals surface area contributed by atoms with Crippen LogP contribution in [0.15, 0.2) is 35.2 Å². The van der Waals surface area contributed by atoms with Crippen LogP contribution >= 0.6 is 23.2 Å². The first-order valence-electron chi connectivity index (χ1n) is 8.23. The molecular formula is C18H22Cl2O3S. The Labute approximate surface area is 154 Å². The Bertz CT molecular complexity index is 788. The van der Waals surface area contributed by atoms with Crippen LogP contribution in [0.4, 0.5) is 0 Å². The number of hydrogen-bond donors (Lipinski definition) is 0. The summed E-state index contributed by atoms with van der Waals surface area (Å²) in [5.74, 6) is 0. The van der Waals surface area contributed by atoms with Crippen LogP contribution in [-0.2, 0) is 14.3 Å². The zero-order valence-corrected chi connectivity index (χ0v) is 16.1. The summed E-state index contributed by atoms with van der Waals surface area (Å²) >= 11 is 12.5. The standard InChI is InChI=1S/C18H22Cl2O3S/c1-2-3-4-5-6-9-12-23-24(21,22)17-13-16(19)14-10-7-8-11-15(14)18(17)20/h7-8,10-11,13H,2-6,9,12H2,1H3. The fraction of sp³-hybridized carbons (Fsp3) is 0.444. The molecule has 0 saturated heterocycles. The number of rotatable bonds is 9. The van der Waals surface area contributed by atoms with E-state index in [1.54, 1.807) is 18.2 Å². The van der Waals surface area contributed by atoms with Crippen molar-refractivity contribution in [2.75, 3.05) is 6.61 Å². The second-order valence-corrected chi connectivity index (χ2v) is 8.13. The summed E-state index contributed by atoms with van der Waals surface area (Å²) in [5.41, 5.74) is 0. The molecule has 0 radical (unpaired) electrons. The van der Waals surface area contributed by atoms with Crippen LogP contribution < -0.4 is 0 Å². The van der Waals surface area contributed by atoms with Crippen molar-refractivity contribution in [3.63, 3.8) is 0 Å². The molecule has 132 valence electrons. The van der Waals surface area contributed by atoms with Crippen molar-refractivity contribution in [1.82, 2.24) is 0 Å². The van der Waals surface area contributed by atoms with Gasteiger partial charge in [-0.3, -0.25) is 4.18 Å². The van der Waals surface area contributed by atoms with Crippen molar-refractivity contribution < 1.29 is 12.6 Å². The molecule has 2 aromatic rings. The molecule has 0 atom stereocenters. The Morgan fingerprint density at radius 1 is 0.958 bits per heavy atom. The molecule has 0 heterocycles. The van der Waals surface area contributed by atoms with Gasteiger partial charge in [0.2, 0.25) is 0 Å². The van der Waals surface area contributed by atoms with Gasteiger partial charge in [0.25, 0.3) is 10.1 Å². The number of hydrogen-bond acceptors (Lipinski definition) is 3. The van der Waals surface area contributed by atoms with E-state index in [0.29, 0.717) is 16.8 Å². The number of unbranched alkanes of at least 4 members (excludes halogenated alkanes) is 5. The highest BCUT2D eigenvalue weighted by Crippen LogP contribution is 2.36. The van der Waals surface area contributed by atoms with Crippen molar-refractivity contribution >= 4 is 44.1 Å². The summed E-state index contributed by atoms with van der Waals surface area (Å²) in [4.78, 5) is -0.0705. The molecule has 0 aromatic heterocycles. The highest BCUT2D eigenvalue weighted by molar-refractivity contribution is 7.87. The van der Waals surface area contributed by atoms with Crippen molar-refractivity contribution in [3.05, 3.63) is 40.4 Å². The summed E-state index contributed by atoms with van der Waals surface area (Å²) < 4.78 is 30.0. The number of benzene rings is 2. The third-order valence-electron chi connectivity index (χ3n) is 3.90. The lowest BCUT2D eigenvalue weighted by atomic mass is 10.1. The Kier molecular flexibility index (Phi) is 7.35. The van der Waals surface area contributed by atoms with Gasteiger partial charge >= 0.3 is 0 Å². The van der Waals surface area contributed by atoms with E-state index >= 15 is 0 Å². The van der Waals surface area contributed by atoms with Gasteiger partial charge in [-0.25, -0.2) is 0 Å². The Morgan fingerprint density at radius 2 is 1.58 bits per heavy atom. The van der Waals surface area contributed by atoms with Gasteiger partial charge in [0.1, 0.15) is 4.90 Å². The van der Waals surface area contributed by atoms with Gasteiger partial charge in [-0.15, -0.1) is 0 Å². The third kappa shape index (κ3) is 4.85. The number of halogens is 2. The van der Waals surface area contributed by atoms with Crippen molar-refractivity contribution in [1.29, 1.82) is 0 Å². The molecule has 0 amide bonds. The van der Waals surface area contributed by atoms with E-state index in [0.717, 1.165) is 18.2 Å². The SMILES string of the molecule is CCCCCCCCOS(=O)(=O)c1cc(Cl)c2ccccc2c1Cl.